The lowest BCUT2D eigenvalue weighted by molar-refractivity contribution is 0.604. The maximum atomic E-state index is 11.1. The van der Waals surface area contributed by atoms with Crippen LogP contribution in [0.2, 0.25) is 0 Å². The molecule has 0 saturated carbocycles. The predicted octanol–water partition coefficient (Wildman–Crippen LogP) is 1.27. The summed E-state index contributed by atoms with van der Waals surface area (Å²) in [4.78, 5) is 4.15. The Morgan fingerprint density at radius 1 is 1.33 bits per heavy atom. The second kappa shape index (κ2) is 3.18. The number of aromatic nitrogens is 3. The molecule has 0 amide bonds. The molecule has 2 aromatic heterocycles. The number of aryl methyl sites for hydroxylation is 2. The topological polar surface area (TPSA) is 64.3 Å². The van der Waals surface area contributed by atoms with Gasteiger partial charge in [0, 0.05) is 28.1 Å². The Hall–Kier alpha value is -1.14. The smallest absolute Gasteiger partial charge is 0.234 e. The molecule has 5 nitrogen and oxygen atoms in total. The summed E-state index contributed by atoms with van der Waals surface area (Å²) in [5, 5.41) is 3.68. The van der Waals surface area contributed by atoms with E-state index in [0.29, 0.717) is 5.65 Å². The van der Waals surface area contributed by atoms with Gasteiger partial charge in [0.25, 0.3) is 9.05 Å². The highest BCUT2D eigenvalue weighted by Gasteiger charge is 2.16. The number of fused-ring (bicyclic) bond motifs is 1. The lowest BCUT2D eigenvalue weighted by Gasteiger charge is -1.98. The average molecular weight is 246 g/mol. The van der Waals surface area contributed by atoms with Crippen molar-refractivity contribution in [1.29, 1.82) is 0 Å². The third-order valence-corrected chi connectivity index (χ3v) is 3.13. The number of hydrogen-bond acceptors (Lipinski definition) is 4. The van der Waals surface area contributed by atoms with Gasteiger partial charge in [0.2, 0.25) is 0 Å². The molecule has 0 bridgehead atoms. The molecule has 0 aliphatic rings. The average Bonchev–Trinajstić information content (AvgIpc) is 2.46. The van der Waals surface area contributed by atoms with E-state index in [1.54, 1.807) is 0 Å². The van der Waals surface area contributed by atoms with Gasteiger partial charge in [-0.05, 0) is 19.9 Å². The summed E-state index contributed by atoms with van der Waals surface area (Å²) < 4.78 is 23.6. The van der Waals surface area contributed by atoms with Crippen LogP contribution in [0.25, 0.3) is 5.65 Å². The first-order valence-corrected chi connectivity index (χ1v) is 6.47. The summed E-state index contributed by atoms with van der Waals surface area (Å²) in [6.07, 6.45) is 0. The fourth-order valence-corrected chi connectivity index (χ4v) is 2.04. The van der Waals surface area contributed by atoms with Crippen LogP contribution in [-0.2, 0) is 9.05 Å². The van der Waals surface area contributed by atoms with Gasteiger partial charge in [-0.15, -0.1) is 0 Å². The van der Waals surface area contributed by atoms with Crippen molar-refractivity contribution < 1.29 is 8.42 Å². The van der Waals surface area contributed by atoms with E-state index in [9.17, 15) is 8.42 Å². The van der Waals surface area contributed by atoms with E-state index in [2.05, 4.69) is 10.1 Å². The van der Waals surface area contributed by atoms with Gasteiger partial charge < -0.3 is 0 Å². The van der Waals surface area contributed by atoms with Crippen LogP contribution >= 0.6 is 10.7 Å². The molecule has 2 heterocycles. The Morgan fingerprint density at radius 2 is 2.00 bits per heavy atom. The lowest BCUT2D eigenvalue weighted by Crippen LogP contribution is -1.98. The molecule has 2 rings (SSSR count). The highest BCUT2D eigenvalue weighted by Crippen LogP contribution is 2.16. The van der Waals surface area contributed by atoms with E-state index in [0.717, 1.165) is 11.4 Å². The Morgan fingerprint density at radius 3 is 2.60 bits per heavy atom. The minimum absolute atomic E-state index is 0.176. The Labute approximate surface area is 91.1 Å². The lowest BCUT2D eigenvalue weighted by atomic mass is 10.3. The number of rotatable bonds is 1. The van der Waals surface area contributed by atoms with Crippen LogP contribution in [0.5, 0.6) is 0 Å². The second-order valence-corrected chi connectivity index (χ2v) is 5.74. The van der Waals surface area contributed by atoms with E-state index < -0.39 is 9.05 Å². The van der Waals surface area contributed by atoms with Crippen LogP contribution in [0.1, 0.15) is 11.4 Å². The molecule has 0 atom stereocenters. The molecule has 2 aromatic rings. The van der Waals surface area contributed by atoms with E-state index in [-0.39, 0.29) is 5.03 Å². The normalized spacial score (nSPS) is 12.2. The van der Waals surface area contributed by atoms with Gasteiger partial charge >= 0.3 is 0 Å². The molecule has 7 heteroatoms. The van der Waals surface area contributed by atoms with Crippen molar-refractivity contribution in [3.63, 3.8) is 0 Å². The molecule has 80 valence electrons. The van der Waals surface area contributed by atoms with Gasteiger partial charge in [-0.2, -0.15) is 5.10 Å². The first-order valence-electron chi connectivity index (χ1n) is 4.16. The van der Waals surface area contributed by atoms with Gasteiger partial charge in [-0.25, -0.2) is 17.9 Å². The highest BCUT2D eigenvalue weighted by atomic mass is 35.7. The van der Waals surface area contributed by atoms with Crippen molar-refractivity contribution in [2.45, 2.75) is 18.9 Å². The fraction of sp³-hybridized carbons (Fsp3) is 0.250. The Balaban J connectivity index is 2.82. The molecule has 0 saturated heterocycles. The molecule has 0 fully saturated rings. The number of halogens is 1. The van der Waals surface area contributed by atoms with Crippen molar-refractivity contribution in [2.75, 3.05) is 0 Å². The van der Waals surface area contributed by atoms with Crippen molar-refractivity contribution in [2.24, 2.45) is 0 Å². The molecular weight excluding hydrogens is 238 g/mol. The molecule has 0 aromatic carbocycles. The van der Waals surface area contributed by atoms with E-state index in [4.69, 9.17) is 10.7 Å². The molecular formula is C8H8ClN3O2S. The van der Waals surface area contributed by atoms with Crippen LogP contribution in [0, 0.1) is 13.8 Å². The van der Waals surface area contributed by atoms with Crippen LogP contribution < -0.4 is 0 Å². The molecule has 0 unspecified atom stereocenters. The van der Waals surface area contributed by atoms with E-state index >= 15 is 0 Å². The van der Waals surface area contributed by atoms with E-state index in [1.807, 2.05) is 19.9 Å². The monoisotopic (exact) mass is 245 g/mol. The molecule has 0 aliphatic carbocycles. The zero-order chi connectivity index (χ0) is 11.2. The first kappa shape index (κ1) is 10.4. The van der Waals surface area contributed by atoms with Gasteiger partial charge in [-0.1, -0.05) is 0 Å². The van der Waals surface area contributed by atoms with Crippen molar-refractivity contribution in [3.8, 4) is 0 Å². The minimum atomic E-state index is -3.79. The summed E-state index contributed by atoms with van der Waals surface area (Å²) in [6, 6.07) is 3.16. The standard InChI is InChI=1S/C8H8ClN3O2S/c1-5-3-6(2)12-7(10-5)4-8(11-12)15(9,13)14/h3-4H,1-2H3. The zero-order valence-corrected chi connectivity index (χ0v) is 9.67. The Bertz CT molecular complexity index is 633. The largest absolute Gasteiger partial charge is 0.280 e. The maximum Gasteiger partial charge on any atom is 0.280 e. The summed E-state index contributed by atoms with van der Waals surface area (Å²) in [6.45, 7) is 3.65. The van der Waals surface area contributed by atoms with Crippen LogP contribution in [0.4, 0.5) is 0 Å². The molecule has 0 aliphatic heterocycles. The third-order valence-electron chi connectivity index (χ3n) is 1.96. The molecule has 15 heavy (non-hydrogen) atoms. The Kier molecular flexibility index (Phi) is 2.20. The van der Waals surface area contributed by atoms with Gasteiger partial charge in [0.1, 0.15) is 0 Å². The second-order valence-electron chi connectivity index (χ2n) is 3.23. The highest BCUT2D eigenvalue weighted by molar-refractivity contribution is 8.13. The number of nitrogens with zero attached hydrogens (tertiary/aromatic N) is 3. The van der Waals surface area contributed by atoms with Crippen molar-refractivity contribution in [1.82, 2.24) is 14.6 Å². The van der Waals surface area contributed by atoms with Gasteiger partial charge in [-0.3, -0.25) is 0 Å². The SMILES string of the molecule is Cc1cc(C)n2nc(S(=O)(=O)Cl)cc2n1. The van der Waals surface area contributed by atoms with Crippen LogP contribution in [-0.4, -0.2) is 23.0 Å². The predicted molar refractivity (Wildman–Crippen MR) is 55.5 cm³/mol. The van der Waals surface area contributed by atoms with Crippen LogP contribution in [0.15, 0.2) is 17.2 Å². The maximum absolute atomic E-state index is 11.1. The number of hydrogen-bond donors (Lipinski definition) is 0. The molecule has 0 radical (unpaired) electrons. The van der Waals surface area contributed by atoms with E-state index in [1.165, 1.54) is 10.6 Å². The quantitative estimate of drug-likeness (QED) is 0.710. The zero-order valence-electron chi connectivity index (χ0n) is 8.10. The minimum Gasteiger partial charge on any atom is -0.234 e. The summed E-state index contributed by atoms with van der Waals surface area (Å²) in [5.74, 6) is 0. The molecule has 0 spiro atoms. The van der Waals surface area contributed by atoms with Crippen molar-refractivity contribution in [3.05, 3.63) is 23.5 Å². The first-order chi connectivity index (χ1) is 6.88. The third kappa shape index (κ3) is 1.82. The summed E-state index contributed by atoms with van der Waals surface area (Å²) >= 11 is 0. The summed E-state index contributed by atoms with van der Waals surface area (Å²) in [7, 11) is 1.40. The van der Waals surface area contributed by atoms with Crippen LogP contribution in [0.3, 0.4) is 0 Å². The van der Waals surface area contributed by atoms with Gasteiger partial charge in [0.15, 0.2) is 10.7 Å². The summed E-state index contributed by atoms with van der Waals surface area (Å²) in [5.41, 5.74) is 2.09. The van der Waals surface area contributed by atoms with Gasteiger partial charge in [0.05, 0.1) is 0 Å². The molecule has 0 N–H and O–H groups in total. The van der Waals surface area contributed by atoms with Crippen molar-refractivity contribution >= 4 is 25.4 Å². The fourth-order valence-electron chi connectivity index (χ4n) is 1.38.